The fourth-order valence-corrected chi connectivity index (χ4v) is 2.60. The Balaban J connectivity index is 2.10. The van der Waals surface area contributed by atoms with E-state index in [1.165, 1.54) is 10.8 Å². The highest BCUT2D eigenvalue weighted by atomic mass is 16.3. The minimum Gasteiger partial charge on any atom is -0.512 e. The zero-order valence-corrected chi connectivity index (χ0v) is 16.6. The number of hydrogen-bond acceptors (Lipinski definition) is 2. The molecule has 0 aliphatic carbocycles. The maximum Gasteiger partial charge on any atom is 0.0924 e. The van der Waals surface area contributed by atoms with E-state index in [0.717, 1.165) is 28.0 Å². The van der Waals surface area contributed by atoms with Crippen molar-refractivity contribution in [2.45, 2.75) is 20.8 Å². The van der Waals surface area contributed by atoms with Crippen molar-refractivity contribution in [3.63, 3.8) is 0 Å². The summed E-state index contributed by atoms with van der Waals surface area (Å²) in [5.41, 5.74) is 4.11. The van der Waals surface area contributed by atoms with E-state index in [1.54, 1.807) is 0 Å². The second-order valence-electron chi connectivity index (χ2n) is 7.56. The zero-order chi connectivity index (χ0) is 20.2. The van der Waals surface area contributed by atoms with Gasteiger partial charge in [0.2, 0.25) is 0 Å². The lowest BCUT2D eigenvalue weighted by Gasteiger charge is -2.25. The summed E-state index contributed by atoms with van der Waals surface area (Å²) in [6.07, 6.45) is 2.02. The molecule has 2 rings (SSSR count). The maximum absolute atomic E-state index is 9.65. The van der Waals surface area contributed by atoms with Gasteiger partial charge in [-0.05, 0) is 46.0 Å². The Kier molecular flexibility index (Phi) is 6.12. The summed E-state index contributed by atoms with van der Waals surface area (Å²) in [5.74, 6) is 0.144. The molecule has 2 aromatic rings. The monoisotopic (exact) mass is 359 g/mol. The van der Waals surface area contributed by atoms with E-state index in [-0.39, 0.29) is 5.76 Å². The van der Waals surface area contributed by atoms with Crippen LogP contribution in [0, 0.1) is 5.41 Å². The molecule has 0 saturated carbocycles. The fraction of sp³-hybridized carbons (Fsp3) is 0.200. The lowest BCUT2D eigenvalue weighted by Crippen LogP contribution is -2.30. The Morgan fingerprint density at radius 1 is 1.04 bits per heavy atom. The lowest BCUT2D eigenvalue weighted by molar-refractivity contribution is 0.257. The molecule has 2 nitrogen and oxygen atoms in total. The van der Waals surface area contributed by atoms with Crippen molar-refractivity contribution in [2.24, 2.45) is 5.41 Å². The molecular weight excluding hydrogens is 330 g/mol. The van der Waals surface area contributed by atoms with Crippen molar-refractivity contribution < 1.29 is 5.11 Å². The average Bonchev–Trinajstić information content (AvgIpc) is 2.64. The molecular formula is C25H29NO. The molecule has 0 heterocycles. The first-order valence-electron chi connectivity index (χ1n) is 8.99. The van der Waals surface area contributed by atoms with Crippen LogP contribution in [0.1, 0.15) is 26.3 Å². The SMILES string of the molecule is C=C(NCC(C)(C)C(=C)O)C(=C)/C(C)=C\C(=C)c1ccc2ccccc2c1. The van der Waals surface area contributed by atoms with Crippen LogP contribution in [0.3, 0.4) is 0 Å². The van der Waals surface area contributed by atoms with Crippen molar-refractivity contribution in [1.29, 1.82) is 0 Å². The van der Waals surface area contributed by atoms with Crippen LogP contribution in [0.5, 0.6) is 0 Å². The molecule has 2 aromatic carbocycles. The molecule has 2 heteroatoms. The van der Waals surface area contributed by atoms with Crippen LogP contribution in [0.4, 0.5) is 0 Å². The van der Waals surface area contributed by atoms with Gasteiger partial charge in [-0.1, -0.05) is 82.6 Å². The molecule has 0 aromatic heterocycles. The maximum atomic E-state index is 9.65. The highest BCUT2D eigenvalue weighted by molar-refractivity contribution is 5.87. The topological polar surface area (TPSA) is 32.3 Å². The summed E-state index contributed by atoms with van der Waals surface area (Å²) in [6.45, 7) is 22.4. The van der Waals surface area contributed by atoms with E-state index in [4.69, 9.17) is 0 Å². The second-order valence-corrected chi connectivity index (χ2v) is 7.56. The molecule has 0 aliphatic heterocycles. The summed E-state index contributed by atoms with van der Waals surface area (Å²) >= 11 is 0. The van der Waals surface area contributed by atoms with E-state index < -0.39 is 5.41 Å². The number of aliphatic hydroxyl groups excluding tert-OH is 1. The molecule has 0 unspecified atom stereocenters. The van der Waals surface area contributed by atoms with Gasteiger partial charge < -0.3 is 10.4 Å². The number of benzene rings is 2. The van der Waals surface area contributed by atoms with Crippen LogP contribution in [0.15, 0.2) is 97.5 Å². The first kappa shape index (κ1) is 20.3. The van der Waals surface area contributed by atoms with Gasteiger partial charge in [-0.25, -0.2) is 0 Å². The van der Waals surface area contributed by atoms with E-state index in [9.17, 15) is 5.11 Å². The molecule has 140 valence electrons. The van der Waals surface area contributed by atoms with Gasteiger partial charge in [-0.15, -0.1) is 0 Å². The standard InChI is InChI=1S/C25H29NO/c1-17(19(3)20(4)26-16-25(6,7)21(5)27)14-18(2)23-13-12-22-10-8-9-11-24(22)15-23/h8-15,26-27H,2-5,16H2,1,6-7H3/b17-14-. The van der Waals surface area contributed by atoms with Crippen LogP contribution in [-0.2, 0) is 0 Å². The van der Waals surface area contributed by atoms with E-state index in [2.05, 4.69) is 62.0 Å². The third-order valence-corrected chi connectivity index (χ3v) is 4.88. The Morgan fingerprint density at radius 2 is 1.67 bits per heavy atom. The quantitative estimate of drug-likeness (QED) is 0.413. The summed E-state index contributed by atoms with van der Waals surface area (Å²) in [5, 5.41) is 15.3. The van der Waals surface area contributed by atoms with Crippen LogP contribution in [0.25, 0.3) is 16.3 Å². The third-order valence-electron chi connectivity index (χ3n) is 4.88. The first-order valence-corrected chi connectivity index (χ1v) is 8.99. The van der Waals surface area contributed by atoms with Crippen molar-refractivity contribution in [2.75, 3.05) is 6.54 Å². The van der Waals surface area contributed by atoms with Crippen LogP contribution in [0.2, 0.25) is 0 Å². The summed E-state index contributed by atoms with van der Waals surface area (Å²) < 4.78 is 0. The lowest BCUT2D eigenvalue weighted by atomic mass is 9.91. The predicted molar refractivity (Wildman–Crippen MR) is 119 cm³/mol. The Hall–Kier alpha value is -3.00. The number of fused-ring (bicyclic) bond motifs is 1. The number of rotatable bonds is 8. The molecule has 27 heavy (non-hydrogen) atoms. The van der Waals surface area contributed by atoms with Gasteiger partial charge in [0, 0.05) is 17.7 Å². The molecule has 0 aliphatic rings. The van der Waals surface area contributed by atoms with Gasteiger partial charge >= 0.3 is 0 Å². The van der Waals surface area contributed by atoms with Gasteiger partial charge in [0.25, 0.3) is 0 Å². The minimum atomic E-state index is -0.435. The van der Waals surface area contributed by atoms with Gasteiger partial charge in [-0.2, -0.15) is 0 Å². The molecule has 0 spiro atoms. The summed E-state index contributed by atoms with van der Waals surface area (Å²) in [7, 11) is 0. The number of allylic oxidation sites excluding steroid dienone is 3. The molecule has 0 amide bonds. The number of nitrogens with one attached hydrogen (secondary N) is 1. The van der Waals surface area contributed by atoms with Gasteiger partial charge in [-0.3, -0.25) is 0 Å². The number of hydrogen-bond donors (Lipinski definition) is 2. The van der Waals surface area contributed by atoms with Crippen molar-refractivity contribution >= 4 is 16.3 Å². The van der Waals surface area contributed by atoms with Gasteiger partial charge in [0.15, 0.2) is 0 Å². The molecule has 0 bridgehead atoms. The van der Waals surface area contributed by atoms with E-state index >= 15 is 0 Å². The van der Waals surface area contributed by atoms with Crippen LogP contribution >= 0.6 is 0 Å². The van der Waals surface area contributed by atoms with E-state index in [1.807, 2.05) is 39.0 Å². The number of aliphatic hydroxyl groups is 1. The summed E-state index contributed by atoms with van der Waals surface area (Å²) in [6, 6.07) is 14.6. The molecule has 0 fully saturated rings. The zero-order valence-electron chi connectivity index (χ0n) is 16.6. The first-order chi connectivity index (χ1) is 12.6. The van der Waals surface area contributed by atoms with E-state index in [0.29, 0.717) is 6.54 Å². The Bertz CT molecular complexity index is 944. The molecule has 0 saturated heterocycles. The van der Waals surface area contributed by atoms with Crippen molar-refractivity contribution in [3.05, 3.63) is 103 Å². The highest BCUT2D eigenvalue weighted by Crippen LogP contribution is 2.25. The second kappa shape index (κ2) is 8.13. The smallest absolute Gasteiger partial charge is 0.0924 e. The average molecular weight is 360 g/mol. The van der Waals surface area contributed by atoms with Crippen molar-refractivity contribution in [3.8, 4) is 0 Å². The fourth-order valence-electron chi connectivity index (χ4n) is 2.60. The Labute approximate surface area is 162 Å². The van der Waals surface area contributed by atoms with Gasteiger partial charge in [0.1, 0.15) is 0 Å². The Morgan fingerprint density at radius 3 is 2.30 bits per heavy atom. The van der Waals surface area contributed by atoms with Crippen LogP contribution < -0.4 is 5.32 Å². The van der Waals surface area contributed by atoms with Gasteiger partial charge in [0.05, 0.1) is 5.76 Å². The molecule has 0 atom stereocenters. The normalized spacial score (nSPS) is 11.9. The predicted octanol–water partition coefficient (Wildman–Crippen LogP) is 6.56. The summed E-state index contributed by atoms with van der Waals surface area (Å²) in [4.78, 5) is 0. The van der Waals surface area contributed by atoms with Crippen LogP contribution in [-0.4, -0.2) is 11.7 Å². The minimum absolute atomic E-state index is 0.144. The molecule has 2 N–H and O–H groups in total. The third kappa shape index (κ3) is 5.01. The highest BCUT2D eigenvalue weighted by Gasteiger charge is 2.21. The largest absolute Gasteiger partial charge is 0.512 e. The molecule has 0 radical (unpaired) electrons. The van der Waals surface area contributed by atoms with Crippen molar-refractivity contribution in [1.82, 2.24) is 5.32 Å².